The molecule has 1 saturated heterocycles. The van der Waals surface area contributed by atoms with Gasteiger partial charge in [-0.15, -0.1) is 0 Å². The van der Waals surface area contributed by atoms with E-state index in [1.807, 2.05) is 0 Å². The van der Waals surface area contributed by atoms with E-state index in [1.54, 1.807) is 36.4 Å². The Bertz CT molecular complexity index is 852. The highest BCUT2D eigenvalue weighted by molar-refractivity contribution is 6.04. The zero-order chi connectivity index (χ0) is 20.1. The normalized spacial score (nSPS) is 19.8. The number of amides is 2. The number of hydrogen-bond donors (Lipinski definition) is 3. The van der Waals surface area contributed by atoms with Gasteiger partial charge in [-0.05, 0) is 56.1 Å². The highest BCUT2D eigenvalue weighted by Crippen LogP contribution is 2.27. The molecule has 2 heterocycles. The van der Waals surface area contributed by atoms with Crippen LogP contribution in [0, 0.1) is 5.41 Å². The fraction of sp³-hybridized carbons (Fsp3) is 0.381. The maximum Gasteiger partial charge on any atom is 0.274 e. The van der Waals surface area contributed by atoms with Crippen molar-refractivity contribution in [2.45, 2.75) is 19.8 Å². The highest BCUT2D eigenvalue weighted by Gasteiger charge is 2.29. The van der Waals surface area contributed by atoms with Gasteiger partial charge in [0.2, 0.25) is 0 Å². The van der Waals surface area contributed by atoms with Crippen molar-refractivity contribution in [3.8, 4) is 0 Å². The van der Waals surface area contributed by atoms with E-state index in [2.05, 4.69) is 34.5 Å². The number of pyridine rings is 1. The van der Waals surface area contributed by atoms with Crippen molar-refractivity contribution in [1.29, 1.82) is 0 Å². The first-order valence-corrected chi connectivity index (χ1v) is 9.45. The summed E-state index contributed by atoms with van der Waals surface area (Å²) in [6.07, 6.45) is 3.66. The largest absolute Gasteiger partial charge is 0.397 e. The van der Waals surface area contributed by atoms with Gasteiger partial charge in [-0.2, -0.15) is 0 Å². The molecule has 148 valence electrons. The van der Waals surface area contributed by atoms with Crippen LogP contribution in [0.5, 0.6) is 0 Å². The Morgan fingerprint density at radius 1 is 1.21 bits per heavy atom. The van der Waals surface area contributed by atoms with Crippen molar-refractivity contribution >= 4 is 23.2 Å². The number of anilines is 2. The summed E-state index contributed by atoms with van der Waals surface area (Å²) in [5.74, 6) is -0.552. The molecular formula is C21H27N5O2. The number of nitrogens with one attached hydrogen (secondary N) is 2. The van der Waals surface area contributed by atoms with E-state index in [9.17, 15) is 9.59 Å². The fourth-order valence-corrected chi connectivity index (χ4v) is 3.59. The highest BCUT2D eigenvalue weighted by atomic mass is 16.2. The number of nitrogen functional groups attached to an aromatic ring is 1. The molecule has 0 aliphatic carbocycles. The molecule has 0 spiro atoms. The quantitative estimate of drug-likeness (QED) is 0.691. The van der Waals surface area contributed by atoms with Crippen molar-refractivity contribution in [2.75, 3.05) is 37.7 Å². The first-order chi connectivity index (χ1) is 13.4. The van der Waals surface area contributed by atoms with Crippen LogP contribution in [-0.4, -0.2) is 48.4 Å². The summed E-state index contributed by atoms with van der Waals surface area (Å²) in [4.78, 5) is 31.2. The van der Waals surface area contributed by atoms with Gasteiger partial charge in [-0.25, -0.2) is 0 Å². The van der Waals surface area contributed by atoms with Gasteiger partial charge < -0.3 is 21.3 Å². The molecule has 1 aromatic heterocycles. The number of benzene rings is 1. The standard InChI is InChI=1S/C21H27N5O2/c1-21(10-5-11-26(2)14-21)13-24-19(27)15-8-9-18(23-12-15)20(28)25-17-7-4-3-6-16(17)22/h3-4,6-9,12H,5,10-11,13-14,22H2,1-2H3,(H,24,27)(H,25,28). The maximum absolute atomic E-state index is 12.4. The van der Waals surface area contributed by atoms with Gasteiger partial charge in [0.05, 0.1) is 16.9 Å². The van der Waals surface area contributed by atoms with Crippen LogP contribution in [0.4, 0.5) is 11.4 Å². The molecule has 7 nitrogen and oxygen atoms in total. The molecule has 0 bridgehead atoms. The van der Waals surface area contributed by atoms with Crippen LogP contribution in [0.25, 0.3) is 0 Å². The molecular weight excluding hydrogens is 354 g/mol. The van der Waals surface area contributed by atoms with E-state index < -0.39 is 0 Å². The topological polar surface area (TPSA) is 100 Å². The summed E-state index contributed by atoms with van der Waals surface area (Å²) in [5.41, 5.74) is 7.58. The summed E-state index contributed by atoms with van der Waals surface area (Å²) in [5, 5.41) is 5.72. The fourth-order valence-electron chi connectivity index (χ4n) is 3.59. The Morgan fingerprint density at radius 3 is 2.68 bits per heavy atom. The molecule has 4 N–H and O–H groups in total. The van der Waals surface area contributed by atoms with Crippen LogP contribution in [0.2, 0.25) is 0 Å². The SMILES string of the molecule is CN1CCCC(C)(CNC(=O)c2ccc(C(=O)Nc3ccccc3N)nc2)C1. The second kappa shape index (κ2) is 8.39. The van der Waals surface area contributed by atoms with E-state index in [4.69, 9.17) is 5.73 Å². The number of nitrogens with zero attached hydrogens (tertiary/aromatic N) is 2. The van der Waals surface area contributed by atoms with Crippen molar-refractivity contribution in [3.63, 3.8) is 0 Å². The number of aromatic nitrogens is 1. The number of piperidine rings is 1. The lowest BCUT2D eigenvalue weighted by Gasteiger charge is -2.38. The smallest absolute Gasteiger partial charge is 0.274 e. The second-order valence-corrected chi connectivity index (χ2v) is 7.81. The van der Waals surface area contributed by atoms with Gasteiger partial charge in [-0.3, -0.25) is 14.6 Å². The number of carbonyl (C=O) groups is 2. The van der Waals surface area contributed by atoms with Crippen LogP contribution in [-0.2, 0) is 0 Å². The average Bonchev–Trinajstić information content (AvgIpc) is 2.68. The molecule has 0 saturated carbocycles. The molecule has 1 fully saturated rings. The molecule has 1 aliphatic heterocycles. The lowest BCUT2D eigenvalue weighted by Crippen LogP contribution is -2.46. The Hall–Kier alpha value is -2.93. The third-order valence-corrected chi connectivity index (χ3v) is 5.11. The van der Waals surface area contributed by atoms with Gasteiger partial charge in [0.25, 0.3) is 11.8 Å². The van der Waals surface area contributed by atoms with Crippen molar-refractivity contribution in [3.05, 3.63) is 53.9 Å². The molecule has 0 radical (unpaired) electrons. The van der Waals surface area contributed by atoms with E-state index in [0.717, 1.165) is 25.9 Å². The zero-order valence-electron chi connectivity index (χ0n) is 16.4. The van der Waals surface area contributed by atoms with Gasteiger partial charge in [0, 0.05) is 19.3 Å². The average molecular weight is 381 g/mol. The number of nitrogens with two attached hydrogens (primary N) is 1. The summed E-state index contributed by atoms with van der Waals surface area (Å²) in [7, 11) is 2.11. The van der Waals surface area contributed by atoms with Crippen LogP contribution in [0.15, 0.2) is 42.6 Å². The monoisotopic (exact) mass is 381 g/mol. The van der Waals surface area contributed by atoms with Crippen LogP contribution >= 0.6 is 0 Å². The van der Waals surface area contributed by atoms with Gasteiger partial charge in [-0.1, -0.05) is 19.1 Å². The molecule has 1 aliphatic rings. The Kier molecular flexibility index (Phi) is 5.94. The van der Waals surface area contributed by atoms with Crippen LogP contribution in [0.3, 0.4) is 0 Å². The number of hydrogen-bond acceptors (Lipinski definition) is 5. The Morgan fingerprint density at radius 2 is 2.00 bits per heavy atom. The van der Waals surface area contributed by atoms with E-state index in [-0.39, 0.29) is 22.9 Å². The summed E-state index contributed by atoms with van der Waals surface area (Å²) in [6, 6.07) is 10.2. The summed E-state index contributed by atoms with van der Waals surface area (Å²) < 4.78 is 0. The van der Waals surface area contributed by atoms with E-state index >= 15 is 0 Å². The molecule has 1 aromatic carbocycles. The number of carbonyl (C=O) groups excluding carboxylic acids is 2. The van der Waals surface area contributed by atoms with E-state index in [0.29, 0.717) is 23.5 Å². The molecule has 2 amide bonds. The van der Waals surface area contributed by atoms with E-state index in [1.165, 1.54) is 6.20 Å². The summed E-state index contributed by atoms with van der Waals surface area (Å²) in [6.45, 7) is 4.88. The number of likely N-dealkylation sites (tertiary alicyclic amines) is 1. The lowest BCUT2D eigenvalue weighted by atomic mass is 9.82. The number of para-hydroxylation sites is 2. The second-order valence-electron chi connectivity index (χ2n) is 7.81. The van der Waals surface area contributed by atoms with Crippen molar-refractivity contribution in [2.24, 2.45) is 5.41 Å². The van der Waals surface area contributed by atoms with Crippen LogP contribution < -0.4 is 16.4 Å². The third kappa shape index (κ3) is 4.86. The Labute approximate surface area is 165 Å². The van der Waals surface area contributed by atoms with Gasteiger partial charge in [0.1, 0.15) is 5.69 Å². The predicted octanol–water partition coefficient (Wildman–Crippen LogP) is 2.38. The summed E-state index contributed by atoms with van der Waals surface area (Å²) >= 11 is 0. The minimum Gasteiger partial charge on any atom is -0.397 e. The molecule has 3 rings (SSSR count). The third-order valence-electron chi connectivity index (χ3n) is 5.11. The minimum absolute atomic E-state index is 0.0749. The van der Waals surface area contributed by atoms with Gasteiger partial charge >= 0.3 is 0 Å². The van der Waals surface area contributed by atoms with Gasteiger partial charge in [0.15, 0.2) is 0 Å². The lowest BCUT2D eigenvalue weighted by molar-refractivity contribution is 0.0872. The molecule has 7 heteroatoms. The first kappa shape index (κ1) is 19.8. The molecule has 1 atom stereocenters. The maximum atomic E-state index is 12.4. The zero-order valence-corrected chi connectivity index (χ0v) is 16.4. The van der Waals surface area contributed by atoms with Crippen LogP contribution in [0.1, 0.15) is 40.6 Å². The Balaban J connectivity index is 1.58. The number of rotatable bonds is 5. The van der Waals surface area contributed by atoms with Crippen molar-refractivity contribution in [1.82, 2.24) is 15.2 Å². The molecule has 2 aromatic rings. The van der Waals surface area contributed by atoms with Crippen molar-refractivity contribution < 1.29 is 9.59 Å². The predicted molar refractivity (Wildman–Crippen MR) is 110 cm³/mol. The minimum atomic E-state index is -0.373. The molecule has 1 unspecified atom stereocenters. The molecule has 28 heavy (non-hydrogen) atoms. The first-order valence-electron chi connectivity index (χ1n) is 9.45.